The van der Waals surface area contributed by atoms with Gasteiger partial charge in [0.15, 0.2) is 0 Å². The minimum atomic E-state index is -0.646. The number of aliphatic hydroxyl groups excluding tert-OH is 1. The molecule has 1 heterocycles. The molecule has 1 aliphatic carbocycles. The van der Waals surface area contributed by atoms with Crippen molar-refractivity contribution in [2.45, 2.75) is 79.8 Å². The maximum absolute atomic E-state index is 13.6. The van der Waals surface area contributed by atoms with E-state index >= 15 is 0 Å². The van der Waals surface area contributed by atoms with Gasteiger partial charge in [0.2, 0.25) is 0 Å². The molecule has 0 bridgehead atoms. The fraction of sp³-hybridized carbons (Fsp3) is 0.567. The van der Waals surface area contributed by atoms with Gasteiger partial charge < -0.3 is 5.11 Å². The van der Waals surface area contributed by atoms with Gasteiger partial charge in [-0.2, -0.15) is 0 Å². The first-order valence-electron chi connectivity index (χ1n) is 12.8. The van der Waals surface area contributed by atoms with Gasteiger partial charge in [-0.05, 0) is 59.7 Å². The van der Waals surface area contributed by atoms with Crippen LogP contribution in [0.5, 0.6) is 0 Å². The van der Waals surface area contributed by atoms with Crippen molar-refractivity contribution in [3.63, 3.8) is 0 Å². The molecular formula is C30H40O4S. The molecule has 1 aliphatic rings. The molecule has 4 atom stereocenters. The summed E-state index contributed by atoms with van der Waals surface area (Å²) >= 11 is 1.72. The molecule has 35 heavy (non-hydrogen) atoms. The number of aliphatic hydroxyl groups is 1. The summed E-state index contributed by atoms with van der Waals surface area (Å²) in [5.41, 5.74) is 3.15. The number of aryl methyl sites for hydroxylation is 2. The summed E-state index contributed by atoms with van der Waals surface area (Å²) < 4.78 is 0. The fourth-order valence-electron chi connectivity index (χ4n) is 5.15. The average Bonchev–Trinajstić information content (AvgIpc) is 3.40. The predicted octanol–water partition coefficient (Wildman–Crippen LogP) is 6.46. The van der Waals surface area contributed by atoms with Crippen molar-refractivity contribution in [3.05, 3.63) is 46.8 Å². The zero-order chi connectivity index (χ0) is 25.9. The number of carbonyl (C=O) groups excluding carboxylic acids is 3. The molecule has 4 nitrogen and oxygen atoms in total. The van der Waals surface area contributed by atoms with Crippen LogP contribution in [0, 0.1) is 36.0 Å². The molecule has 2 aromatic rings. The Balaban J connectivity index is 1.68. The summed E-state index contributed by atoms with van der Waals surface area (Å²) in [5, 5.41) is 12.5. The molecule has 3 rings (SSSR count). The molecule has 0 spiro atoms. The number of carbonyl (C=O) groups is 3. The summed E-state index contributed by atoms with van der Waals surface area (Å²) in [6.45, 7) is 11.7. The van der Waals surface area contributed by atoms with E-state index in [0.29, 0.717) is 25.7 Å². The van der Waals surface area contributed by atoms with Crippen LogP contribution in [0.3, 0.4) is 0 Å². The Kier molecular flexibility index (Phi) is 8.87. The highest BCUT2D eigenvalue weighted by Gasteiger charge is 2.46. The van der Waals surface area contributed by atoms with Gasteiger partial charge in [-0.25, -0.2) is 0 Å². The van der Waals surface area contributed by atoms with E-state index in [-0.39, 0.29) is 35.1 Å². The molecule has 0 aliphatic heterocycles. The molecule has 1 aromatic heterocycles. The van der Waals surface area contributed by atoms with E-state index in [1.165, 1.54) is 16.0 Å². The van der Waals surface area contributed by atoms with E-state index in [9.17, 15) is 19.5 Å². The first-order valence-corrected chi connectivity index (χ1v) is 13.7. The number of hydrogen-bond donors (Lipinski definition) is 1. The number of benzene rings is 1. The molecule has 1 N–H and O–H groups in total. The zero-order valence-corrected chi connectivity index (χ0v) is 22.8. The van der Waals surface area contributed by atoms with Crippen molar-refractivity contribution in [2.75, 3.05) is 0 Å². The fourth-order valence-corrected chi connectivity index (χ4v) is 6.09. The van der Waals surface area contributed by atoms with E-state index in [4.69, 9.17) is 0 Å². The maximum atomic E-state index is 13.6. The third-order valence-electron chi connectivity index (χ3n) is 7.49. The molecule has 190 valence electrons. The molecular weight excluding hydrogens is 456 g/mol. The number of rotatable bonds is 10. The Morgan fingerprint density at radius 3 is 2.20 bits per heavy atom. The Morgan fingerprint density at radius 1 is 1.03 bits per heavy atom. The van der Waals surface area contributed by atoms with Crippen LogP contribution in [0.1, 0.15) is 71.4 Å². The summed E-state index contributed by atoms with van der Waals surface area (Å²) in [5.74, 6) is -1.47. The number of thiophene rings is 1. The van der Waals surface area contributed by atoms with E-state index in [1.807, 2.05) is 34.6 Å². The summed E-state index contributed by atoms with van der Waals surface area (Å²) in [7, 11) is 0. The number of ketones is 3. The van der Waals surface area contributed by atoms with Gasteiger partial charge in [0, 0.05) is 41.4 Å². The minimum Gasteiger partial charge on any atom is -0.393 e. The van der Waals surface area contributed by atoms with Gasteiger partial charge in [0.1, 0.15) is 17.3 Å². The van der Waals surface area contributed by atoms with E-state index in [1.54, 1.807) is 11.3 Å². The van der Waals surface area contributed by atoms with Gasteiger partial charge in [0.25, 0.3) is 0 Å². The Labute approximate surface area is 214 Å². The highest BCUT2D eigenvalue weighted by atomic mass is 32.1. The molecule has 0 amide bonds. The molecule has 0 saturated heterocycles. The zero-order valence-electron chi connectivity index (χ0n) is 22.0. The van der Waals surface area contributed by atoms with Crippen molar-refractivity contribution in [3.8, 4) is 10.4 Å². The van der Waals surface area contributed by atoms with E-state index < -0.39 is 23.9 Å². The summed E-state index contributed by atoms with van der Waals surface area (Å²) in [6, 6.07) is 10.5. The van der Waals surface area contributed by atoms with Crippen molar-refractivity contribution < 1.29 is 19.5 Å². The number of Topliss-reactive ketones (excluding diaryl/α,β-unsaturated/α-hetero) is 3. The predicted molar refractivity (Wildman–Crippen MR) is 142 cm³/mol. The van der Waals surface area contributed by atoms with Crippen LogP contribution in [0.15, 0.2) is 35.7 Å². The Morgan fingerprint density at radius 2 is 1.66 bits per heavy atom. The van der Waals surface area contributed by atoms with Gasteiger partial charge >= 0.3 is 0 Å². The highest BCUT2D eigenvalue weighted by Crippen LogP contribution is 2.41. The Hall–Kier alpha value is -2.11. The second-order valence-electron chi connectivity index (χ2n) is 11.6. The van der Waals surface area contributed by atoms with Crippen LogP contribution < -0.4 is 0 Å². The lowest BCUT2D eigenvalue weighted by Gasteiger charge is -2.33. The van der Waals surface area contributed by atoms with Crippen molar-refractivity contribution >= 4 is 28.7 Å². The molecule has 1 aromatic carbocycles. The maximum Gasteiger partial charge on any atom is 0.140 e. The van der Waals surface area contributed by atoms with E-state index in [0.717, 1.165) is 5.56 Å². The monoisotopic (exact) mass is 496 g/mol. The topological polar surface area (TPSA) is 71.4 Å². The van der Waals surface area contributed by atoms with Crippen molar-refractivity contribution in [2.24, 2.45) is 29.1 Å². The average molecular weight is 497 g/mol. The normalized spacial score (nSPS) is 21.3. The molecule has 0 radical (unpaired) electrons. The quantitative estimate of drug-likeness (QED) is 0.410. The minimum absolute atomic E-state index is 0.0305. The smallest absolute Gasteiger partial charge is 0.140 e. The van der Waals surface area contributed by atoms with Gasteiger partial charge in [-0.3, -0.25) is 14.4 Å². The summed E-state index contributed by atoms with van der Waals surface area (Å²) in [4.78, 5) is 40.7. The molecule has 1 saturated carbocycles. The van der Waals surface area contributed by atoms with Crippen LogP contribution in [0.2, 0.25) is 0 Å². The second-order valence-corrected chi connectivity index (χ2v) is 12.5. The lowest BCUT2D eigenvalue weighted by molar-refractivity contribution is -0.138. The lowest BCUT2D eigenvalue weighted by atomic mass is 9.69. The SMILES string of the molecule is Cc1ccsc1-c1ccc(CCC(=O)[C@@H]2C[C@@H](O)CC2C(=O)[C@@H](CC(=O)C(C)C)C(C)(C)C)cc1. The third-order valence-corrected chi connectivity index (χ3v) is 8.56. The van der Waals surface area contributed by atoms with Crippen molar-refractivity contribution in [1.29, 1.82) is 0 Å². The van der Waals surface area contributed by atoms with Gasteiger partial charge in [-0.1, -0.05) is 58.9 Å². The molecule has 1 unspecified atom stereocenters. The standard InChI is InChI=1S/C30H40O4S/c1-18(2)27(33)17-25(30(4,5)6)28(34)24-16-22(31)15-23(24)26(32)12-9-20-7-10-21(11-8-20)29-19(3)13-14-35-29/h7-8,10-11,13-14,18,22-25,31H,9,12,15-17H2,1-6H3/t22-,23-,24?,25-/m1/s1. The van der Waals surface area contributed by atoms with Crippen LogP contribution >= 0.6 is 11.3 Å². The highest BCUT2D eigenvalue weighted by molar-refractivity contribution is 7.13. The van der Waals surface area contributed by atoms with Gasteiger partial charge in [-0.15, -0.1) is 11.3 Å². The Bertz CT molecular complexity index is 1040. The first kappa shape index (κ1) is 27.5. The van der Waals surface area contributed by atoms with Crippen LogP contribution in [0.25, 0.3) is 10.4 Å². The first-order chi connectivity index (χ1) is 16.4. The lowest BCUT2D eigenvalue weighted by Crippen LogP contribution is -2.38. The molecule has 5 heteroatoms. The van der Waals surface area contributed by atoms with Crippen LogP contribution in [-0.2, 0) is 20.8 Å². The van der Waals surface area contributed by atoms with Crippen molar-refractivity contribution in [1.82, 2.24) is 0 Å². The van der Waals surface area contributed by atoms with E-state index in [2.05, 4.69) is 42.6 Å². The largest absolute Gasteiger partial charge is 0.393 e. The van der Waals surface area contributed by atoms with Gasteiger partial charge in [0.05, 0.1) is 6.10 Å². The third kappa shape index (κ3) is 6.77. The van der Waals surface area contributed by atoms with Crippen LogP contribution in [0.4, 0.5) is 0 Å². The molecule has 1 fully saturated rings. The summed E-state index contributed by atoms with van der Waals surface area (Å²) in [6.07, 6.45) is 1.16. The number of hydrogen-bond acceptors (Lipinski definition) is 5. The second kappa shape index (κ2) is 11.3. The van der Waals surface area contributed by atoms with Crippen LogP contribution in [-0.4, -0.2) is 28.6 Å².